The number of carbonyl (C=O) groups is 1. The quantitative estimate of drug-likeness (QED) is 0.518. The van der Waals surface area contributed by atoms with E-state index in [0.717, 1.165) is 6.54 Å². The predicted octanol–water partition coefficient (Wildman–Crippen LogP) is 1.95. The molecule has 2 N–H and O–H groups in total. The third kappa shape index (κ3) is 3.95. The molecule has 1 atom stereocenters. The van der Waals surface area contributed by atoms with Crippen molar-refractivity contribution in [3.63, 3.8) is 0 Å². The van der Waals surface area contributed by atoms with Crippen LogP contribution in [0.5, 0.6) is 11.6 Å². The summed E-state index contributed by atoms with van der Waals surface area (Å²) >= 11 is 0. The van der Waals surface area contributed by atoms with E-state index in [1.807, 2.05) is 29.8 Å². The summed E-state index contributed by atoms with van der Waals surface area (Å²) in [4.78, 5) is 12.1. The maximum atomic E-state index is 12.1. The number of esters is 1. The Morgan fingerprint density at radius 2 is 1.95 bits per heavy atom. The lowest BCUT2D eigenvalue weighted by atomic mass is 10.3. The molecule has 2 aromatic rings. The van der Waals surface area contributed by atoms with Gasteiger partial charge >= 0.3 is 11.8 Å². The molecule has 5 heteroatoms. The number of hydrogen-bond acceptors (Lipinski definition) is 4. The molecule has 0 amide bonds. The van der Waals surface area contributed by atoms with Crippen molar-refractivity contribution in [2.75, 3.05) is 5.73 Å². The van der Waals surface area contributed by atoms with E-state index in [0.29, 0.717) is 17.3 Å². The number of anilines is 1. The highest BCUT2D eigenvalue weighted by Gasteiger charge is 2.21. The third-order valence-electron chi connectivity index (χ3n) is 2.97. The molecular weight excluding hydrogens is 268 g/mol. The van der Waals surface area contributed by atoms with Crippen LogP contribution in [0.25, 0.3) is 0 Å². The van der Waals surface area contributed by atoms with E-state index in [9.17, 15) is 4.79 Å². The van der Waals surface area contributed by atoms with Crippen molar-refractivity contribution >= 4 is 11.7 Å². The molecule has 0 saturated carbocycles. The lowest BCUT2D eigenvalue weighted by Crippen LogP contribution is -2.38. The molecule has 1 unspecified atom stereocenters. The van der Waals surface area contributed by atoms with Crippen LogP contribution in [-0.4, -0.2) is 12.1 Å². The van der Waals surface area contributed by atoms with E-state index in [4.69, 9.17) is 15.2 Å². The number of carbonyl (C=O) groups excluding carboxylic acids is 1. The first-order valence-corrected chi connectivity index (χ1v) is 6.82. The molecular formula is C16H19N2O3+. The number of aryl methyl sites for hydroxylation is 1. The minimum atomic E-state index is -0.709. The number of pyridine rings is 1. The van der Waals surface area contributed by atoms with Gasteiger partial charge in [0.05, 0.1) is 6.07 Å². The van der Waals surface area contributed by atoms with Gasteiger partial charge in [-0.25, -0.2) is 4.79 Å². The number of nitrogen functional groups attached to an aromatic ring is 1. The van der Waals surface area contributed by atoms with Crippen LogP contribution < -0.4 is 19.8 Å². The molecule has 110 valence electrons. The SMILES string of the molecule is CC[n+]1ccccc1OC(=O)C(C)Oc1ccc(N)cc1. The Morgan fingerprint density at radius 1 is 1.24 bits per heavy atom. The van der Waals surface area contributed by atoms with Gasteiger partial charge in [0, 0.05) is 11.8 Å². The average molecular weight is 287 g/mol. The topological polar surface area (TPSA) is 65.4 Å². The van der Waals surface area contributed by atoms with Crippen LogP contribution in [0.4, 0.5) is 5.69 Å². The zero-order chi connectivity index (χ0) is 15.2. The number of nitrogens with two attached hydrogens (primary N) is 1. The molecule has 1 aromatic carbocycles. The maximum absolute atomic E-state index is 12.1. The van der Waals surface area contributed by atoms with Gasteiger partial charge in [0.1, 0.15) is 12.3 Å². The van der Waals surface area contributed by atoms with E-state index in [-0.39, 0.29) is 0 Å². The fourth-order valence-electron chi connectivity index (χ4n) is 1.80. The molecule has 0 fully saturated rings. The molecule has 0 spiro atoms. The molecule has 1 heterocycles. The summed E-state index contributed by atoms with van der Waals surface area (Å²) in [6.07, 6.45) is 1.15. The molecule has 0 aliphatic heterocycles. The number of nitrogens with zero attached hydrogens (tertiary/aromatic N) is 1. The van der Waals surface area contributed by atoms with Crippen LogP contribution in [-0.2, 0) is 11.3 Å². The van der Waals surface area contributed by atoms with Crippen LogP contribution in [0.15, 0.2) is 48.7 Å². The van der Waals surface area contributed by atoms with E-state index < -0.39 is 12.1 Å². The monoisotopic (exact) mass is 287 g/mol. The lowest BCUT2D eigenvalue weighted by molar-refractivity contribution is -0.697. The van der Waals surface area contributed by atoms with Gasteiger partial charge in [-0.15, -0.1) is 0 Å². The minimum absolute atomic E-state index is 0.444. The molecule has 0 bridgehead atoms. The lowest BCUT2D eigenvalue weighted by Gasteiger charge is -2.13. The van der Waals surface area contributed by atoms with Crippen LogP contribution in [0.2, 0.25) is 0 Å². The molecule has 5 nitrogen and oxygen atoms in total. The summed E-state index contributed by atoms with van der Waals surface area (Å²) in [7, 11) is 0. The predicted molar refractivity (Wildman–Crippen MR) is 78.9 cm³/mol. The van der Waals surface area contributed by atoms with E-state index in [1.54, 1.807) is 37.3 Å². The van der Waals surface area contributed by atoms with Crippen LogP contribution in [0.3, 0.4) is 0 Å². The van der Waals surface area contributed by atoms with E-state index >= 15 is 0 Å². The van der Waals surface area contributed by atoms with Crippen LogP contribution in [0.1, 0.15) is 13.8 Å². The fourth-order valence-corrected chi connectivity index (χ4v) is 1.80. The summed E-state index contributed by atoms with van der Waals surface area (Å²) in [6.45, 7) is 4.35. The van der Waals surface area contributed by atoms with Crippen molar-refractivity contribution in [2.45, 2.75) is 26.5 Å². The Morgan fingerprint density at radius 3 is 2.62 bits per heavy atom. The van der Waals surface area contributed by atoms with Gasteiger partial charge in [-0.2, -0.15) is 4.57 Å². The highest BCUT2D eigenvalue weighted by molar-refractivity contribution is 5.76. The second-order valence-electron chi connectivity index (χ2n) is 4.58. The molecule has 2 rings (SSSR count). The van der Waals surface area contributed by atoms with Gasteiger partial charge < -0.3 is 15.2 Å². The Kier molecular flexibility index (Phi) is 4.77. The highest BCUT2D eigenvalue weighted by Crippen LogP contribution is 2.15. The average Bonchev–Trinajstić information content (AvgIpc) is 2.50. The maximum Gasteiger partial charge on any atom is 0.375 e. The zero-order valence-corrected chi connectivity index (χ0v) is 12.2. The molecule has 0 radical (unpaired) electrons. The molecule has 1 aromatic heterocycles. The fraction of sp³-hybridized carbons (Fsp3) is 0.250. The van der Waals surface area contributed by atoms with Crippen molar-refractivity contribution in [1.82, 2.24) is 0 Å². The normalized spacial score (nSPS) is 11.7. The van der Waals surface area contributed by atoms with E-state index in [2.05, 4.69) is 0 Å². The van der Waals surface area contributed by atoms with Crippen LogP contribution >= 0.6 is 0 Å². The smallest absolute Gasteiger partial charge is 0.375 e. The number of benzene rings is 1. The molecule has 0 aliphatic carbocycles. The Hall–Kier alpha value is -2.56. The Balaban J connectivity index is 2.01. The second-order valence-corrected chi connectivity index (χ2v) is 4.58. The Bertz CT molecular complexity index is 611. The second kappa shape index (κ2) is 6.74. The minimum Gasteiger partial charge on any atom is -0.479 e. The third-order valence-corrected chi connectivity index (χ3v) is 2.97. The molecule has 0 aliphatic rings. The van der Waals surface area contributed by atoms with Crippen molar-refractivity contribution in [1.29, 1.82) is 0 Å². The van der Waals surface area contributed by atoms with Gasteiger partial charge in [0.25, 0.3) is 0 Å². The molecule has 21 heavy (non-hydrogen) atoms. The van der Waals surface area contributed by atoms with Gasteiger partial charge in [-0.1, -0.05) is 0 Å². The number of aromatic nitrogens is 1. The first-order chi connectivity index (χ1) is 10.1. The number of hydrogen-bond donors (Lipinski definition) is 1. The first-order valence-electron chi connectivity index (χ1n) is 6.82. The standard InChI is InChI=1S/C16H19N2O3/c1-3-18-11-5-4-6-15(18)21-16(19)12(2)20-14-9-7-13(17)8-10-14/h4-12H,3,17H2,1-2H3/q+1. The number of rotatable bonds is 5. The summed E-state index contributed by atoms with van der Waals surface area (Å²) in [5, 5.41) is 0. The van der Waals surface area contributed by atoms with Crippen molar-refractivity contribution < 1.29 is 18.8 Å². The molecule has 0 saturated heterocycles. The summed E-state index contributed by atoms with van der Waals surface area (Å²) in [5.74, 6) is 0.628. The number of ether oxygens (including phenoxy) is 2. The van der Waals surface area contributed by atoms with Gasteiger partial charge in [-0.3, -0.25) is 0 Å². The van der Waals surface area contributed by atoms with Crippen molar-refractivity contribution in [3.05, 3.63) is 48.7 Å². The summed E-state index contributed by atoms with van der Waals surface area (Å²) in [5.41, 5.74) is 6.25. The summed E-state index contributed by atoms with van der Waals surface area (Å²) in [6, 6.07) is 12.3. The highest BCUT2D eigenvalue weighted by atomic mass is 16.6. The first kappa shape index (κ1) is 14.8. The largest absolute Gasteiger partial charge is 0.479 e. The van der Waals surface area contributed by atoms with Gasteiger partial charge in [0.15, 0.2) is 12.3 Å². The van der Waals surface area contributed by atoms with Crippen LogP contribution in [0, 0.1) is 0 Å². The van der Waals surface area contributed by atoms with E-state index in [1.165, 1.54) is 0 Å². The Labute approximate surface area is 123 Å². The van der Waals surface area contributed by atoms with Crippen molar-refractivity contribution in [3.8, 4) is 11.6 Å². The van der Waals surface area contributed by atoms with Gasteiger partial charge in [0.2, 0.25) is 0 Å². The zero-order valence-electron chi connectivity index (χ0n) is 12.2. The van der Waals surface area contributed by atoms with Crippen molar-refractivity contribution in [2.24, 2.45) is 0 Å². The summed E-state index contributed by atoms with van der Waals surface area (Å²) < 4.78 is 12.7. The van der Waals surface area contributed by atoms with Gasteiger partial charge in [-0.05, 0) is 44.2 Å².